The van der Waals surface area contributed by atoms with Gasteiger partial charge in [0, 0.05) is 0 Å². The summed E-state index contributed by atoms with van der Waals surface area (Å²) in [5.41, 5.74) is 0. The fourth-order valence-corrected chi connectivity index (χ4v) is 2.25. The minimum absolute atomic E-state index is 1.03. The third kappa shape index (κ3) is 1.20. The molecule has 1 saturated heterocycles. The van der Waals surface area contributed by atoms with Gasteiger partial charge >= 0.3 is 0 Å². The second-order valence-corrected chi connectivity index (χ2v) is 3.98. The first-order valence-corrected chi connectivity index (χ1v) is 4.58. The van der Waals surface area contributed by atoms with Crippen LogP contribution in [0.1, 0.15) is 26.2 Å². The highest BCUT2D eigenvalue weighted by Crippen LogP contribution is 2.45. The van der Waals surface area contributed by atoms with E-state index >= 15 is 0 Å². The zero-order chi connectivity index (χ0) is 6.97. The van der Waals surface area contributed by atoms with Crippen LogP contribution in [0.4, 0.5) is 0 Å². The molecular weight excluding hydrogens is 122 g/mol. The summed E-state index contributed by atoms with van der Waals surface area (Å²) in [6.45, 7) is 4.95. The Morgan fingerprint density at radius 2 is 2.20 bits per heavy atom. The first-order valence-electron chi connectivity index (χ1n) is 4.58. The van der Waals surface area contributed by atoms with E-state index in [0.717, 1.165) is 17.8 Å². The van der Waals surface area contributed by atoms with Gasteiger partial charge in [0.05, 0.1) is 0 Å². The van der Waals surface area contributed by atoms with Crippen molar-refractivity contribution in [2.45, 2.75) is 26.2 Å². The summed E-state index contributed by atoms with van der Waals surface area (Å²) in [4.78, 5) is 0. The molecule has 0 aromatic rings. The molecule has 0 amide bonds. The Morgan fingerprint density at radius 1 is 1.40 bits per heavy atom. The summed E-state index contributed by atoms with van der Waals surface area (Å²) < 4.78 is 0. The van der Waals surface area contributed by atoms with E-state index in [1.807, 2.05) is 0 Å². The summed E-state index contributed by atoms with van der Waals surface area (Å²) in [6.07, 6.45) is 4.40. The predicted octanol–water partition coefficient (Wildman–Crippen LogP) is 1.64. The fraction of sp³-hybridized carbons (Fsp3) is 1.00. The standard InChI is InChI=1S/C9H17N/c1-7-5-9(7)8-3-2-4-10-6-8/h7-10H,2-6H2,1H3. The Balaban J connectivity index is 1.81. The molecule has 1 heteroatoms. The van der Waals surface area contributed by atoms with E-state index in [4.69, 9.17) is 0 Å². The molecule has 0 aromatic heterocycles. The maximum atomic E-state index is 3.48. The number of rotatable bonds is 1. The molecule has 1 saturated carbocycles. The highest BCUT2D eigenvalue weighted by molar-refractivity contribution is 4.90. The van der Waals surface area contributed by atoms with E-state index in [1.54, 1.807) is 0 Å². The molecule has 1 nitrogen and oxygen atoms in total. The minimum Gasteiger partial charge on any atom is -0.316 e. The van der Waals surface area contributed by atoms with Crippen molar-refractivity contribution in [3.05, 3.63) is 0 Å². The van der Waals surface area contributed by atoms with Crippen molar-refractivity contribution in [1.82, 2.24) is 5.32 Å². The molecule has 58 valence electrons. The van der Waals surface area contributed by atoms with E-state index in [0.29, 0.717) is 0 Å². The molecule has 3 unspecified atom stereocenters. The van der Waals surface area contributed by atoms with Crippen LogP contribution in [-0.4, -0.2) is 13.1 Å². The zero-order valence-electron chi connectivity index (χ0n) is 6.77. The van der Waals surface area contributed by atoms with E-state index < -0.39 is 0 Å². The number of nitrogens with one attached hydrogen (secondary N) is 1. The summed E-state index contributed by atoms with van der Waals surface area (Å²) in [5.74, 6) is 3.17. The van der Waals surface area contributed by atoms with Crippen LogP contribution in [0.3, 0.4) is 0 Å². The highest BCUT2D eigenvalue weighted by atomic mass is 14.9. The SMILES string of the molecule is CC1CC1C1CCCNC1. The molecule has 2 rings (SSSR count). The van der Waals surface area contributed by atoms with Gasteiger partial charge in [0.1, 0.15) is 0 Å². The molecule has 2 fully saturated rings. The Kier molecular flexibility index (Phi) is 1.69. The predicted molar refractivity (Wildman–Crippen MR) is 42.9 cm³/mol. The Hall–Kier alpha value is -0.0400. The molecule has 1 aliphatic carbocycles. The van der Waals surface area contributed by atoms with Crippen LogP contribution in [-0.2, 0) is 0 Å². The lowest BCUT2D eigenvalue weighted by atomic mass is 9.94. The molecule has 1 aliphatic heterocycles. The average Bonchev–Trinajstić information content (AvgIpc) is 2.69. The lowest BCUT2D eigenvalue weighted by Crippen LogP contribution is -2.31. The number of hydrogen-bond acceptors (Lipinski definition) is 1. The summed E-state index contributed by atoms with van der Waals surface area (Å²) in [7, 11) is 0. The van der Waals surface area contributed by atoms with Crippen molar-refractivity contribution >= 4 is 0 Å². The van der Waals surface area contributed by atoms with Crippen molar-refractivity contribution in [3.63, 3.8) is 0 Å². The lowest BCUT2D eigenvalue weighted by Gasteiger charge is -2.22. The second kappa shape index (κ2) is 2.54. The van der Waals surface area contributed by atoms with E-state index in [1.165, 1.54) is 32.4 Å². The molecule has 0 spiro atoms. The second-order valence-electron chi connectivity index (χ2n) is 3.98. The Morgan fingerprint density at radius 3 is 2.70 bits per heavy atom. The monoisotopic (exact) mass is 139 g/mol. The van der Waals surface area contributed by atoms with Crippen LogP contribution in [0.25, 0.3) is 0 Å². The molecule has 0 aromatic carbocycles. The third-order valence-corrected chi connectivity index (χ3v) is 3.11. The van der Waals surface area contributed by atoms with Gasteiger partial charge in [-0.2, -0.15) is 0 Å². The Labute approximate surface area is 63.2 Å². The van der Waals surface area contributed by atoms with Crippen molar-refractivity contribution in [2.24, 2.45) is 17.8 Å². The van der Waals surface area contributed by atoms with Crippen molar-refractivity contribution < 1.29 is 0 Å². The van der Waals surface area contributed by atoms with Crippen LogP contribution in [0.5, 0.6) is 0 Å². The van der Waals surface area contributed by atoms with Gasteiger partial charge in [-0.3, -0.25) is 0 Å². The maximum Gasteiger partial charge on any atom is -0.00178 e. The van der Waals surface area contributed by atoms with Gasteiger partial charge in [-0.25, -0.2) is 0 Å². The molecule has 1 heterocycles. The normalized spacial score (nSPS) is 47.1. The van der Waals surface area contributed by atoms with E-state index in [2.05, 4.69) is 12.2 Å². The minimum atomic E-state index is 1.03. The fourth-order valence-electron chi connectivity index (χ4n) is 2.25. The van der Waals surface area contributed by atoms with Gasteiger partial charge in [0.25, 0.3) is 0 Å². The van der Waals surface area contributed by atoms with Gasteiger partial charge in [-0.05, 0) is 50.1 Å². The maximum absolute atomic E-state index is 3.48. The third-order valence-electron chi connectivity index (χ3n) is 3.11. The van der Waals surface area contributed by atoms with Crippen molar-refractivity contribution in [2.75, 3.05) is 13.1 Å². The van der Waals surface area contributed by atoms with Crippen molar-refractivity contribution in [1.29, 1.82) is 0 Å². The van der Waals surface area contributed by atoms with Crippen LogP contribution < -0.4 is 5.32 Å². The summed E-state index contributed by atoms with van der Waals surface area (Å²) >= 11 is 0. The van der Waals surface area contributed by atoms with Gasteiger partial charge in [-0.15, -0.1) is 0 Å². The molecule has 1 N–H and O–H groups in total. The summed E-state index contributed by atoms with van der Waals surface area (Å²) in [6, 6.07) is 0. The zero-order valence-corrected chi connectivity index (χ0v) is 6.77. The van der Waals surface area contributed by atoms with Crippen LogP contribution in [0.15, 0.2) is 0 Å². The molecule has 10 heavy (non-hydrogen) atoms. The van der Waals surface area contributed by atoms with Crippen LogP contribution in [0.2, 0.25) is 0 Å². The first-order chi connectivity index (χ1) is 4.88. The highest BCUT2D eigenvalue weighted by Gasteiger charge is 2.39. The topological polar surface area (TPSA) is 12.0 Å². The van der Waals surface area contributed by atoms with Crippen LogP contribution in [0, 0.1) is 17.8 Å². The van der Waals surface area contributed by atoms with Gasteiger partial charge < -0.3 is 5.32 Å². The quantitative estimate of drug-likeness (QED) is 0.582. The Bertz CT molecular complexity index is 116. The average molecular weight is 139 g/mol. The van der Waals surface area contributed by atoms with E-state index in [9.17, 15) is 0 Å². The van der Waals surface area contributed by atoms with Gasteiger partial charge in [-0.1, -0.05) is 6.92 Å². The van der Waals surface area contributed by atoms with Gasteiger partial charge in [0.15, 0.2) is 0 Å². The summed E-state index contributed by atoms with van der Waals surface area (Å²) in [5, 5.41) is 3.48. The number of piperidine rings is 1. The van der Waals surface area contributed by atoms with Gasteiger partial charge in [0.2, 0.25) is 0 Å². The molecule has 0 bridgehead atoms. The lowest BCUT2D eigenvalue weighted by molar-refractivity contribution is 0.331. The molecule has 3 atom stereocenters. The number of hydrogen-bond donors (Lipinski definition) is 1. The smallest absolute Gasteiger partial charge is 0.00178 e. The van der Waals surface area contributed by atoms with Crippen LogP contribution >= 0.6 is 0 Å². The molecule has 2 aliphatic rings. The first kappa shape index (κ1) is 6.66. The molecular formula is C9H17N. The molecule has 0 radical (unpaired) electrons. The van der Waals surface area contributed by atoms with Crippen molar-refractivity contribution in [3.8, 4) is 0 Å². The van der Waals surface area contributed by atoms with E-state index in [-0.39, 0.29) is 0 Å². The largest absolute Gasteiger partial charge is 0.316 e.